The van der Waals surface area contributed by atoms with Crippen molar-refractivity contribution in [3.63, 3.8) is 0 Å². The highest BCUT2D eigenvalue weighted by molar-refractivity contribution is 7.00. The van der Waals surface area contributed by atoms with Crippen LogP contribution in [0.15, 0.2) is 12.1 Å². The molecule has 1 aromatic carbocycles. The van der Waals surface area contributed by atoms with Crippen molar-refractivity contribution < 1.29 is 0 Å². The maximum absolute atomic E-state index is 6.18. The number of fused-ring (bicyclic) bond motifs is 1. The standard InChI is InChI=1S/C12H16ClN3S/c1-8(2)4-3-7-14-11-9(13)5-6-10-12(11)16-17-15-10/h5-6,8,14H,3-4,7H2,1-2H3. The minimum atomic E-state index is 0.717. The molecule has 0 saturated heterocycles. The van der Waals surface area contributed by atoms with Gasteiger partial charge >= 0.3 is 0 Å². The first kappa shape index (κ1) is 12.6. The van der Waals surface area contributed by atoms with Crippen molar-refractivity contribution in [3.8, 4) is 0 Å². The van der Waals surface area contributed by atoms with Crippen LogP contribution in [-0.4, -0.2) is 15.3 Å². The summed E-state index contributed by atoms with van der Waals surface area (Å²) in [5.41, 5.74) is 2.71. The second-order valence-corrected chi connectivity index (χ2v) is 5.45. The summed E-state index contributed by atoms with van der Waals surface area (Å²) in [4.78, 5) is 0. The van der Waals surface area contributed by atoms with E-state index in [-0.39, 0.29) is 0 Å². The fourth-order valence-corrected chi connectivity index (χ4v) is 2.48. The molecule has 0 spiro atoms. The molecule has 2 aromatic rings. The quantitative estimate of drug-likeness (QED) is 0.827. The molecule has 1 N–H and O–H groups in total. The Morgan fingerprint density at radius 1 is 1.35 bits per heavy atom. The Morgan fingerprint density at radius 2 is 2.18 bits per heavy atom. The van der Waals surface area contributed by atoms with E-state index in [0.29, 0.717) is 0 Å². The molecule has 0 bridgehead atoms. The molecule has 5 heteroatoms. The lowest BCUT2D eigenvalue weighted by Crippen LogP contribution is -2.04. The maximum Gasteiger partial charge on any atom is 0.129 e. The molecule has 1 aromatic heterocycles. The average molecular weight is 270 g/mol. The summed E-state index contributed by atoms with van der Waals surface area (Å²) >= 11 is 7.40. The van der Waals surface area contributed by atoms with E-state index in [1.807, 2.05) is 12.1 Å². The van der Waals surface area contributed by atoms with Crippen molar-refractivity contribution in [2.75, 3.05) is 11.9 Å². The summed E-state index contributed by atoms with van der Waals surface area (Å²) in [6.07, 6.45) is 2.36. The van der Waals surface area contributed by atoms with E-state index < -0.39 is 0 Å². The van der Waals surface area contributed by atoms with Crippen LogP contribution in [0.25, 0.3) is 11.0 Å². The first-order valence-electron chi connectivity index (χ1n) is 5.83. The molecule has 0 atom stereocenters. The van der Waals surface area contributed by atoms with Gasteiger partial charge in [0.05, 0.1) is 22.4 Å². The fourth-order valence-electron chi connectivity index (χ4n) is 1.72. The summed E-state index contributed by atoms with van der Waals surface area (Å²) < 4.78 is 8.49. The zero-order valence-corrected chi connectivity index (χ0v) is 11.6. The minimum Gasteiger partial charge on any atom is -0.382 e. The van der Waals surface area contributed by atoms with Gasteiger partial charge in [-0.2, -0.15) is 8.75 Å². The largest absolute Gasteiger partial charge is 0.382 e. The van der Waals surface area contributed by atoms with Gasteiger partial charge in [-0.3, -0.25) is 0 Å². The molecule has 0 aliphatic carbocycles. The fraction of sp³-hybridized carbons (Fsp3) is 0.500. The first-order chi connectivity index (χ1) is 8.18. The Bertz CT molecular complexity index is 495. The maximum atomic E-state index is 6.18. The van der Waals surface area contributed by atoms with Gasteiger partial charge in [0.25, 0.3) is 0 Å². The molecule has 3 nitrogen and oxygen atoms in total. The molecular weight excluding hydrogens is 254 g/mol. The van der Waals surface area contributed by atoms with E-state index in [1.165, 1.54) is 18.1 Å². The number of nitrogens with zero attached hydrogens (tertiary/aromatic N) is 2. The second-order valence-electron chi connectivity index (χ2n) is 4.52. The highest BCUT2D eigenvalue weighted by Gasteiger charge is 2.09. The Balaban J connectivity index is 2.06. The first-order valence-corrected chi connectivity index (χ1v) is 6.94. The van der Waals surface area contributed by atoms with E-state index >= 15 is 0 Å². The number of anilines is 1. The lowest BCUT2D eigenvalue weighted by Gasteiger charge is -2.09. The third-order valence-electron chi connectivity index (χ3n) is 2.64. The molecule has 92 valence electrons. The second kappa shape index (κ2) is 5.65. The Morgan fingerprint density at radius 3 is 2.94 bits per heavy atom. The van der Waals surface area contributed by atoms with Crippen LogP contribution in [0.1, 0.15) is 26.7 Å². The van der Waals surface area contributed by atoms with Gasteiger partial charge in [0.15, 0.2) is 0 Å². The summed E-state index contributed by atoms with van der Waals surface area (Å²) in [6.45, 7) is 5.39. The van der Waals surface area contributed by atoms with Gasteiger partial charge in [0.1, 0.15) is 11.0 Å². The summed E-state index contributed by atoms with van der Waals surface area (Å²) in [6, 6.07) is 3.77. The van der Waals surface area contributed by atoms with E-state index in [1.54, 1.807) is 0 Å². The van der Waals surface area contributed by atoms with Crippen LogP contribution in [0.5, 0.6) is 0 Å². The van der Waals surface area contributed by atoms with Crippen LogP contribution in [0.4, 0.5) is 5.69 Å². The number of halogens is 1. The van der Waals surface area contributed by atoms with Crippen molar-refractivity contribution in [2.45, 2.75) is 26.7 Å². The molecule has 0 unspecified atom stereocenters. The van der Waals surface area contributed by atoms with Crippen molar-refractivity contribution in [1.29, 1.82) is 0 Å². The molecule has 2 rings (SSSR count). The number of hydrogen-bond donors (Lipinski definition) is 1. The lowest BCUT2D eigenvalue weighted by atomic mass is 10.1. The minimum absolute atomic E-state index is 0.717. The number of hydrogen-bond acceptors (Lipinski definition) is 4. The van der Waals surface area contributed by atoms with Crippen molar-refractivity contribution in [1.82, 2.24) is 8.75 Å². The summed E-state index contributed by atoms with van der Waals surface area (Å²) in [7, 11) is 0. The van der Waals surface area contributed by atoms with Crippen LogP contribution in [0.2, 0.25) is 5.02 Å². The Labute approximate surface area is 111 Å². The van der Waals surface area contributed by atoms with Gasteiger partial charge in [-0.1, -0.05) is 25.4 Å². The monoisotopic (exact) mass is 269 g/mol. The zero-order valence-electron chi connectivity index (χ0n) is 10.0. The highest BCUT2D eigenvalue weighted by atomic mass is 35.5. The number of nitrogens with one attached hydrogen (secondary N) is 1. The van der Waals surface area contributed by atoms with Crippen molar-refractivity contribution in [2.24, 2.45) is 5.92 Å². The van der Waals surface area contributed by atoms with Crippen LogP contribution in [-0.2, 0) is 0 Å². The summed E-state index contributed by atoms with van der Waals surface area (Å²) in [5.74, 6) is 0.740. The van der Waals surface area contributed by atoms with Crippen LogP contribution in [0, 0.1) is 5.92 Å². The topological polar surface area (TPSA) is 37.8 Å². The van der Waals surface area contributed by atoms with E-state index in [2.05, 4.69) is 27.9 Å². The SMILES string of the molecule is CC(C)CCCNc1c(Cl)ccc2nsnc12. The Hall–Kier alpha value is -0.870. The number of rotatable bonds is 5. The Kier molecular flexibility index (Phi) is 4.18. The molecule has 0 saturated carbocycles. The van der Waals surface area contributed by atoms with Gasteiger partial charge < -0.3 is 5.32 Å². The van der Waals surface area contributed by atoms with Gasteiger partial charge in [0, 0.05) is 6.54 Å². The van der Waals surface area contributed by atoms with E-state index in [4.69, 9.17) is 11.6 Å². The third-order valence-corrected chi connectivity index (χ3v) is 3.49. The lowest BCUT2D eigenvalue weighted by molar-refractivity contribution is 0.567. The number of benzene rings is 1. The van der Waals surface area contributed by atoms with Gasteiger partial charge in [0.2, 0.25) is 0 Å². The van der Waals surface area contributed by atoms with E-state index in [9.17, 15) is 0 Å². The average Bonchev–Trinajstić information content (AvgIpc) is 2.74. The molecule has 1 heterocycles. The van der Waals surface area contributed by atoms with E-state index in [0.717, 1.165) is 40.6 Å². The number of aromatic nitrogens is 2. The van der Waals surface area contributed by atoms with Gasteiger partial charge in [-0.15, -0.1) is 0 Å². The third kappa shape index (κ3) is 3.07. The van der Waals surface area contributed by atoms with Gasteiger partial charge in [-0.25, -0.2) is 0 Å². The van der Waals surface area contributed by atoms with Crippen molar-refractivity contribution >= 4 is 40.0 Å². The van der Waals surface area contributed by atoms with Crippen LogP contribution < -0.4 is 5.32 Å². The summed E-state index contributed by atoms with van der Waals surface area (Å²) in [5, 5.41) is 4.09. The van der Waals surface area contributed by atoms with Crippen molar-refractivity contribution in [3.05, 3.63) is 17.2 Å². The molecule has 17 heavy (non-hydrogen) atoms. The molecule has 0 aliphatic heterocycles. The molecule has 0 aliphatic rings. The van der Waals surface area contributed by atoms with Crippen LogP contribution in [0.3, 0.4) is 0 Å². The molecule has 0 amide bonds. The molecule has 0 radical (unpaired) electrons. The highest BCUT2D eigenvalue weighted by Crippen LogP contribution is 2.29. The predicted octanol–water partition coefficient (Wildman–Crippen LogP) is 4.19. The molecule has 0 fully saturated rings. The molecular formula is C12H16ClN3S. The smallest absolute Gasteiger partial charge is 0.129 e. The van der Waals surface area contributed by atoms with Crippen LogP contribution >= 0.6 is 23.3 Å². The predicted molar refractivity (Wildman–Crippen MR) is 75.0 cm³/mol. The van der Waals surface area contributed by atoms with Gasteiger partial charge in [-0.05, 0) is 30.9 Å². The zero-order chi connectivity index (χ0) is 12.3. The normalized spacial score (nSPS) is 11.3.